The Morgan fingerprint density at radius 2 is 1.19 bits per heavy atom. The van der Waals surface area contributed by atoms with Crippen LogP contribution < -0.4 is 0 Å². The minimum atomic E-state index is 0.677. The quantitative estimate of drug-likeness (QED) is 0.218. The first kappa shape index (κ1) is 23.4. The Bertz CT molecular complexity index is 2470. The zero-order valence-electron chi connectivity index (χ0n) is 22.5. The number of thiophene rings is 1. The van der Waals surface area contributed by atoms with Crippen molar-refractivity contribution in [3.05, 3.63) is 140 Å². The van der Waals surface area contributed by atoms with Crippen LogP contribution in [0.4, 0.5) is 0 Å². The second-order valence-corrected chi connectivity index (χ2v) is 11.7. The van der Waals surface area contributed by atoms with E-state index in [1.165, 1.54) is 42.1 Å². The highest BCUT2D eigenvalue weighted by Crippen LogP contribution is 2.41. The summed E-state index contributed by atoms with van der Waals surface area (Å²) in [6.45, 7) is 0. The van der Waals surface area contributed by atoms with Gasteiger partial charge in [-0.05, 0) is 35.4 Å². The van der Waals surface area contributed by atoms with Gasteiger partial charge in [0.05, 0.1) is 22.2 Å². The summed E-state index contributed by atoms with van der Waals surface area (Å²) in [5.74, 6) is 0.677. The Balaban J connectivity index is 1.35. The van der Waals surface area contributed by atoms with E-state index in [2.05, 4.69) is 132 Å². The van der Waals surface area contributed by atoms with Crippen molar-refractivity contribution in [2.45, 2.75) is 0 Å². The Morgan fingerprint density at radius 3 is 2.10 bits per heavy atom. The van der Waals surface area contributed by atoms with Crippen LogP contribution in [-0.4, -0.2) is 14.5 Å². The van der Waals surface area contributed by atoms with Gasteiger partial charge >= 0.3 is 0 Å². The predicted molar refractivity (Wildman–Crippen MR) is 178 cm³/mol. The van der Waals surface area contributed by atoms with Gasteiger partial charge in [-0.15, -0.1) is 11.3 Å². The highest BCUT2D eigenvalue weighted by atomic mass is 32.1. The fraction of sp³-hybridized carbons (Fsp3) is 0. The third-order valence-corrected chi connectivity index (χ3v) is 9.45. The summed E-state index contributed by atoms with van der Waals surface area (Å²) in [5, 5.41) is 6.05. The van der Waals surface area contributed by atoms with Gasteiger partial charge in [-0.2, -0.15) is 0 Å². The van der Waals surface area contributed by atoms with Crippen molar-refractivity contribution >= 4 is 64.2 Å². The SMILES string of the molecule is c1ccc(-c2nc(-n3c4ccccc4c4ccc(-c5cccc6c5sc5ccccc56)cc43)nc3ccccc23)cc1. The molecule has 4 heteroatoms. The fourth-order valence-electron chi connectivity index (χ4n) is 6.31. The van der Waals surface area contributed by atoms with Gasteiger partial charge in [-0.25, -0.2) is 9.97 Å². The third kappa shape index (κ3) is 3.46. The second-order valence-electron chi connectivity index (χ2n) is 10.6. The van der Waals surface area contributed by atoms with Gasteiger partial charge in [0.15, 0.2) is 0 Å². The molecular formula is C38H23N3S. The molecule has 0 spiro atoms. The Kier molecular flexibility index (Phi) is 5.07. The van der Waals surface area contributed by atoms with Gasteiger partial charge in [-0.1, -0.05) is 115 Å². The van der Waals surface area contributed by atoms with E-state index in [9.17, 15) is 0 Å². The first-order chi connectivity index (χ1) is 20.8. The summed E-state index contributed by atoms with van der Waals surface area (Å²) >= 11 is 1.86. The molecule has 3 heterocycles. The molecule has 0 unspecified atom stereocenters. The summed E-state index contributed by atoms with van der Waals surface area (Å²) in [4.78, 5) is 10.4. The van der Waals surface area contributed by atoms with Crippen molar-refractivity contribution in [1.82, 2.24) is 14.5 Å². The van der Waals surface area contributed by atoms with Crippen molar-refractivity contribution in [2.24, 2.45) is 0 Å². The highest BCUT2D eigenvalue weighted by Gasteiger charge is 2.18. The van der Waals surface area contributed by atoms with E-state index in [0.29, 0.717) is 5.95 Å². The minimum absolute atomic E-state index is 0.677. The number of benzene rings is 6. The smallest absolute Gasteiger partial charge is 0.235 e. The molecule has 3 aromatic heterocycles. The molecule has 0 amide bonds. The molecule has 0 saturated heterocycles. The Hall–Kier alpha value is -5.32. The Morgan fingerprint density at radius 1 is 0.476 bits per heavy atom. The van der Waals surface area contributed by atoms with E-state index < -0.39 is 0 Å². The molecule has 9 rings (SSSR count). The van der Waals surface area contributed by atoms with Gasteiger partial charge < -0.3 is 0 Å². The summed E-state index contributed by atoms with van der Waals surface area (Å²) in [7, 11) is 0. The average molecular weight is 554 g/mol. The zero-order valence-corrected chi connectivity index (χ0v) is 23.3. The first-order valence-electron chi connectivity index (χ1n) is 14.1. The Labute approximate surface area is 246 Å². The molecule has 0 atom stereocenters. The molecule has 0 N–H and O–H groups in total. The zero-order chi connectivity index (χ0) is 27.6. The van der Waals surface area contributed by atoms with Crippen LogP contribution in [0.1, 0.15) is 0 Å². The lowest BCUT2D eigenvalue weighted by Crippen LogP contribution is -2.03. The van der Waals surface area contributed by atoms with E-state index in [0.717, 1.165) is 33.2 Å². The van der Waals surface area contributed by atoms with Crippen LogP contribution in [-0.2, 0) is 0 Å². The van der Waals surface area contributed by atoms with E-state index in [4.69, 9.17) is 9.97 Å². The summed E-state index contributed by atoms with van der Waals surface area (Å²) in [6, 6.07) is 49.4. The maximum absolute atomic E-state index is 5.25. The maximum Gasteiger partial charge on any atom is 0.235 e. The van der Waals surface area contributed by atoms with Gasteiger partial charge in [0, 0.05) is 41.9 Å². The molecule has 42 heavy (non-hydrogen) atoms. The lowest BCUT2D eigenvalue weighted by atomic mass is 10.0. The summed E-state index contributed by atoms with van der Waals surface area (Å²) in [6.07, 6.45) is 0. The molecule has 196 valence electrons. The third-order valence-electron chi connectivity index (χ3n) is 8.23. The molecule has 0 aliphatic carbocycles. The standard InChI is InChI=1S/C38H23N3S/c1-2-11-24(12-3-1)36-31-15-4-7-18-32(31)39-38(40-36)41-33-19-8-5-13-27(33)28-22-21-25(23-34(28)41)26-16-10-17-30-29-14-6-9-20-35(29)42-37(26)30/h1-23H. The molecule has 6 aromatic carbocycles. The molecule has 0 aliphatic heterocycles. The van der Waals surface area contributed by atoms with E-state index in [1.54, 1.807) is 0 Å². The fourth-order valence-corrected chi connectivity index (χ4v) is 7.55. The van der Waals surface area contributed by atoms with Crippen molar-refractivity contribution in [3.63, 3.8) is 0 Å². The van der Waals surface area contributed by atoms with Crippen molar-refractivity contribution < 1.29 is 0 Å². The average Bonchev–Trinajstić information content (AvgIpc) is 3.60. The van der Waals surface area contributed by atoms with Gasteiger partial charge in [0.2, 0.25) is 5.95 Å². The van der Waals surface area contributed by atoms with Crippen LogP contribution in [0.15, 0.2) is 140 Å². The summed E-state index contributed by atoms with van der Waals surface area (Å²) < 4.78 is 4.86. The van der Waals surface area contributed by atoms with Crippen molar-refractivity contribution in [2.75, 3.05) is 0 Å². The minimum Gasteiger partial charge on any atom is -0.278 e. The van der Waals surface area contributed by atoms with Crippen molar-refractivity contribution in [1.29, 1.82) is 0 Å². The number of nitrogens with zero attached hydrogens (tertiary/aromatic N) is 3. The second kappa shape index (κ2) is 9.10. The number of para-hydroxylation sites is 2. The number of hydrogen-bond donors (Lipinski definition) is 0. The largest absolute Gasteiger partial charge is 0.278 e. The van der Waals surface area contributed by atoms with E-state index >= 15 is 0 Å². The maximum atomic E-state index is 5.25. The van der Waals surface area contributed by atoms with Gasteiger partial charge in [0.25, 0.3) is 0 Å². The number of aromatic nitrogens is 3. The van der Waals surface area contributed by atoms with Crippen LogP contribution in [0.2, 0.25) is 0 Å². The monoisotopic (exact) mass is 553 g/mol. The molecular weight excluding hydrogens is 531 g/mol. The van der Waals surface area contributed by atoms with Crippen LogP contribution in [0, 0.1) is 0 Å². The normalized spacial score (nSPS) is 11.8. The van der Waals surface area contributed by atoms with Crippen LogP contribution >= 0.6 is 11.3 Å². The van der Waals surface area contributed by atoms with Crippen molar-refractivity contribution in [3.8, 4) is 28.3 Å². The molecule has 9 aromatic rings. The topological polar surface area (TPSA) is 30.7 Å². The van der Waals surface area contributed by atoms with Gasteiger partial charge in [-0.3, -0.25) is 4.57 Å². The van der Waals surface area contributed by atoms with Crippen LogP contribution in [0.3, 0.4) is 0 Å². The van der Waals surface area contributed by atoms with Crippen LogP contribution in [0.5, 0.6) is 0 Å². The van der Waals surface area contributed by atoms with Gasteiger partial charge in [0.1, 0.15) is 0 Å². The molecule has 0 aliphatic rings. The lowest BCUT2D eigenvalue weighted by molar-refractivity contribution is 1.01. The molecule has 0 radical (unpaired) electrons. The number of fused-ring (bicyclic) bond motifs is 7. The lowest BCUT2D eigenvalue weighted by Gasteiger charge is -2.12. The number of rotatable bonds is 3. The summed E-state index contributed by atoms with van der Waals surface area (Å²) in [5.41, 5.74) is 7.58. The molecule has 0 saturated carbocycles. The van der Waals surface area contributed by atoms with Crippen LogP contribution in [0.25, 0.3) is 81.2 Å². The molecule has 0 fully saturated rings. The highest BCUT2D eigenvalue weighted by molar-refractivity contribution is 7.26. The number of hydrogen-bond acceptors (Lipinski definition) is 3. The molecule has 3 nitrogen and oxygen atoms in total. The first-order valence-corrected chi connectivity index (χ1v) is 14.9. The predicted octanol–water partition coefficient (Wildman–Crippen LogP) is 10.4. The molecule has 0 bridgehead atoms. The van der Waals surface area contributed by atoms with E-state index in [1.807, 2.05) is 23.5 Å². The van der Waals surface area contributed by atoms with E-state index in [-0.39, 0.29) is 0 Å².